The molecular weight excluding hydrogens is 1060 g/mol. The molecule has 2 aliphatic carbocycles. The van der Waals surface area contributed by atoms with E-state index in [2.05, 4.69) is 341 Å². The van der Waals surface area contributed by atoms with Gasteiger partial charge in [0.2, 0.25) is 0 Å². The van der Waals surface area contributed by atoms with E-state index < -0.39 is 10.8 Å². The molecule has 416 valence electrons. The Morgan fingerprint density at radius 1 is 0.205 bits per heavy atom. The maximum absolute atomic E-state index is 2.58. The molecule has 2 heterocycles. The number of anilines is 6. The fraction of sp³-hybridized carbons (Fsp3) is 0.0930. The Balaban J connectivity index is 0.847. The number of rotatable bonds is 6. The van der Waals surface area contributed by atoms with Crippen molar-refractivity contribution in [2.24, 2.45) is 0 Å². The van der Waals surface area contributed by atoms with Gasteiger partial charge in [-0.2, -0.15) is 0 Å². The quantitative estimate of drug-likeness (QED) is 0.153. The molecule has 88 heavy (non-hydrogen) atoms. The van der Waals surface area contributed by atoms with Gasteiger partial charge in [-0.3, -0.25) is 0 Å². The van der Waals surface area contributed by atoms with E-state index in [9.17, 15) is 0 Å². The van der Waals surface area contributed by atoms with Crippen LogP contribution < -0.4 is 9.80 Å². The Hall–Kier alpha value is -10.5. The Morgan fingerprint density at radius 2 is 0.511 bits per heavy atom. The molecule has 0 spiro atoms. The molecule has 0 atom stereocenters. The summed E-state index contributed by atoms with van der Waals surface area (Å²) in [7, 11) is 0. The van der Waals surface area contributed by atoms with Gasteiger partial charge in [-0.1, -0.05) is 270 Å². The molecule has 0 unspecified atom stereocenters. The highest BCUT2D eigenvalue weighted by Crippen LogP contribution is 2.64. The van der Waals surface area contributed by atoms with E-state index >= 15 is 0 Å². The normalized spacial score (nSPS) is 15.6. The van der Waals surface area contributed by atoms with E-state index in [-0.39, 0.29) is 10.8 Å². The second-order valence-electron chi connectivity index (χ2n) is 25.8. The van der Waals surface area contributed by atoms with Crippen LogP contribution in [0.1, 0.15) is 94.5 Å². The lowest BCUT2D eigenvalue weighted by molar-refractivity contribution is 0.631. The average Bonchev–Trinajstić information content (AvgIpc) is 1.46. The van der Waals surface area contributed by atoms with Gasteiger partial charge in [0.15, 0.2) is 0 Å². The second-order valence-corrected chi connectivity index (χ2v) is 25.8. The molecule has 18 rings (SSSR count). The van der Waals surface area contributed by atoms with Crippen LogP contribution in [0.5, 0.6) is 0 Å². The van der Waals surface area contributed by atoms with Crippen molar-refractivity contribution >= 4 is 66.4 Å². The molecular formula is C86H62N2. The van der Waals surface area contributed by atoms with E-state index in [4.69, 9.17) is 0 Å². The lowest BCUT2D eigenvalue weighted by atomic mass is 9.66. The molecule has 14 aromatic carbocycles. The van der Waals surface area contributed by atoms with E-state index in [1.807, 2.05) is 0 Å². The number of hydrogen-bond acceptors (Lipinski definition) is 2. The average molecular weight is 1120 g/mol. The molecule has 0 N–H and O–H groups in total. The molecule has 0 amide bonds. The van der Waals surface area contributed by atoms with Crippen molar-refractivity contribution in [3.8, 4) is 22.3 Å². The lowest BCUT2D eigenvalue weighted by Crippen LogP contribution is -2.32. The highest BCUT2D eigenvalue weighted by atomic mass is 15.2. The number of benzene rings is 14. The predicted octanol–water partition coefficient (Wildman–Crippen LogP) is 22.1. The summed E-state index contributed by atoms with van der Waals surface area (Å²) in [6.45, 7) is 9.67. The Morgan fingerprint density at radius 3 is 0.886 bits per heavy atom. The maximum atomic E-state index is 2.58. The smallest absolute Gasteiger partial charge is 0.0714 e. The van der Waals surface area contributed by atoms with Crippen LogP contribution in [0.2, 0.25) is 0 Å². The Kier molecular flexibility index (Phi) is 10.7. The third-order valence-corrected chi connectivity index (χ3v) is 20.9. The van der Waals surface area contributed by atoms with Crippen molar-refractivity contribution < 1.29 is 0 Å². The van der Waals surface area contributed by atoms with E-state index in [0.717, 1.165) is 11.4 Å². The monoisotopic (exact) mass is 1120 g/mol. The van der Waals surface area contributed by atoms with Crippen molar-refractivity contribution in [3.63, 3.8) is 0 Å². The fourth-order valence-corrected chi connectivity index (χ4v) is 17.0. The van der Waals surface area contributed by atoms with Crippen LogP contribution in [0.25, 0.3) is 54.6 Å². The summed E-state index contributed by atoms with van der Waals surface area (Å²) in [6, 6.07) is 115. The van der Waals surface area contributed by atoms with Gasteiger partial charge < -0.3 is 9.80 Å². The molecule has 4 aliphatic rings. The predicted molar refractivity (Wildman–Crippen MR) is 367 cm³/mol. The van der Waals surface area contributed by atoms with Crippen molar-refractivity contribution in [2.45, 2.75) is 49.4 Å². The van der Waals surface area contributed by atoms with Gasteiger partial charge in [0, 0.05) is 22.2 Å². The van der Waals surface area contributed by atoms with Crippen LogP contribution in [-0.2, 0) is 21.7 Å². The van der Waals surface area contributed by atoms with Gasteiger partial charge in [0.25, 0.3) is 0 Å². The van der Waals surface area contributed by atoms with Gasteiger partial charge in [-0.25, -0.2) is 0 Å². The van der Waals surface area contributed by atoms with Crippen LogP contribution in [0.3, 0.4) is 0 Å². The summed E-state index contributed by atoms with van der Waals surface area (Å²) in [5.74, 6) is 0. The minimum atomic E-state index is -0.539. The molecule has 0 fully saturated rings. The third-order valence-electron chi connectivity index (χ3n) is 20.9. The number of hydrogen-bond donors (Lipinski definition) is 0. The van der Waals surface area contributed by atoms with Gasteiger partial charge in [-0.15, -0.1) is 0 Å². The highest BCUT2D eigenvalue weighted by Gasteiger charge is 2.51. The van der Waals surface area contributed by atoms with E-state index in [1.54, 1.807) is 0 Å². The zero-order valence-electron chi connectivity index (χ0n) is 49.8. The molecule has 2 heteroatoms. The summed E-state index contributed by atoms with van der Waals surface area (Å²) in [6.07, 6.45) is 0. The van der Waals surface area contributed by atoms with Crippen LogP contribution in [0.4, 0.5) is 34.1 Å². The fourth-order valence-electron chi connectivity index (χ4n) is 17.0. The number of fused-ring (bicyclic) bond motifs is 16. The first kappa shape index (κ1) is 50.8. The minimum Gasteiger partial charge on any atom is -0.310 e. The molecule has 2 aliphatic heterocycles. The van der Waals surface area contributed by atoms with Gasteiger partial charge in [0.1, 0.15) is 0 Å². The summed E-state index contributed by atoms with van der Waals surface area (Å²) in [4.78, 5) is 5.15. The highest BCUT2D eigenvalue weighted by molar-refractivity contribution is 6.26. The van der Waals surface area contributed by atoms with Crippen molar-refractivity contribution in [3.05, 3.63) is 370 Å². The minimum absolute atomic E-state index is 0.294. The van der Waals surface area contributed by atoms with Gasteiger partial charge in [-0.05, 0) is 182 Å². The molecule has 2 nitrogen and oxygen atoms in total. The molecule has 14 aromatic rings. The van der Waals surface area contributed by atoms with Gasteiger partial charge >= 0.3 is 0 Å². The zero-order chi connectivity index (χ0) is 58.7. The first-order valence-electron chi connectivity index (χ1n) is 31.2. The standard InChI is InChI=1S/C86H62N2/c1-83(2)73-41-23-25-43-79(73)87(81-53-75-69(51-77(81)83)65-37-19-21-39-71(65)85(75,55-27-9-5-10-28-55)56-29-11-6-12-30-56)59-45-47-63-64-48-46-60(50-68(64)62-36-18-17-35-61(62)67(63)49-59)88-80-44-26-24-42-74(80)84(3,4)78-52-70-66-38-20-22-40-72(66)86(76(70)54-82(78)88,57-31-13-7-14-32-57)58-33-15-8-16-34-58/h5-54H,1-4H3. The maximum Gasteiger partial charge on any atom is 0.0714 e. The van der Waals surface area contributed by atoms with Crippen LogP contribution >= 0.6 is 0 Å². The Labute approximate surface area is 514 Å². The van der Waals surface area contributed by atoms with E-state index in [1.165, 1.54) is 144 Å². The van der Waals surface area contributed by atoms with Crippen molar-refractivity contribution in [1.82, 2.24) is 0 Å². The van der Waals surface area contributed by atoms with Gasteiger partial charge in [0.05, 0.1) is 33.6 Å². The largest absolute Gasteiger partial charge is 0.310 e. The topological polar surface area (TPSA) is 6.48 Å². The number of nitrogens with zero attached hydrogens (tertiary/aromatic N) is 2. The molecule has 0 saturated carbocycles. The number of para-hydroxylation sites is 2. The molecule has 0 bridgehead atoms. The van der Waals surface area contributed by atoms with Crippen LogP contribution in [-0.4, -0.2) is 0 Å². The summed E-state index contributed by atoms with van der Waals surface area (Å²) in [5, 5.41) is 7.40. The second kappa shape index (κ2) is 18.5. The van der Waals surface area contributed by atoms with Crippen LogP contribution in [0, 0.1) is 0 Å². The SMILES string of the molecule is CC1(C)c2ccccc2N(c2ccc3c4ccc(N5c6ccccc6C(C)(C)c6cc7c(cc65)C(c5ccccc5)(c5ccccc5)c5ccccc5-7)cc4c4ccccc4c3c2)c2cc3c(cc21)-c1ccccc1C3(c1ccccc1)c1ccccc1. The van der Waals surface area contributed by atoms with Crippen molar-refractivity contribution in [1.29, 1.82) is 0 Å². The van der Waals surface area contributed by atoms with Crippen LogP contribution in [0.15, 0.2) is 303 Å². The summed E-state index contributed by atoms with van der Waals surface area (Å²) >= 11 is 0. The van der Waals surface area contributed by atoms with E-state index in [0.29, 0.717) is 0 Å². The van der Waals surface area contributed by atoms with Crippen molar-refractivity contribution in [2.75, 3.05) is 9.80 Å². The molecule has 0 aromatic heterocycles. The lowest BCUT2D eigenvalue weighted by Gasteiger charge is -2.43. The summed E-state index contributed by atoms with van der Waals surface area (Å²) in [5.41, 5.74) is 26.2. The first-order chi connectivity index (χ1) is 43.2. The molecule has 0 radical (unpaired) electrons. The zero-order valence-corrected chi connectivity index (χ0v) is 49.8. The Bertz CT molecular complexity index is 4780. The molecule has 0 saturated heterocycles. The summed E-state index contributed by atoms with van der Waals surface area (Å²) < 4.78 is 0. The third kappa shape index (κ3) is 6.67. The first-order valence-corrected chi connectivity index (χ1v) is 31.2.